The number of aliphatic hydroxyl groups is 1. The number of carbonyl (C=O) groups excluding carboxylic acids is 1. The Bertz CT molecular complexity index is 208. The van der Waals surface area contributed by atoms with Gasteiger partial charge in [-0.15, -0.1) is 0 Å². The number of carbonyl (C=O) groups is 1. The first-order valence-electron chi connectivity index (χ1n) is 6.09. The summed E-state index contributed by atoms with van der Waals surface area (Å²) in [4.78, 5) is 11.5. The zero-order valence-electron chi connectivity index (χ0n) is 10.1. The van der Waals surface area contributed by atoms with Crippen molar-refractivity contribution in [2.24, 2.45) is 0 Å². The SMILES string of the molecule is O=C(CC1COCCN1)NCCCOCCO. The lowest BCUT2D eigenvalue weighted by Crippen LogP contribution is -2.44. The maximum absolute atomic E-state index is 11.5. The van der Waals surface area contributed by atoms with E-state index in [1.807, 2.05) is 0 Å². The molecule has 0 bridgehead atoms. The van der Waals surface area contributed by atoms with Gasteiger partial charge in [0.1, 0.15) is 0 Å². The average Bonchev–Trinajstić information content (AvgIpc) is 2.35. The Balaban J connectivity index is 1.93. The van der Waals surface area contributed by atoms with Crippen LogP contribution in [0, 0.1) is 0 Å². The number of hydrogen-bond acceptors (Lipinski definition) is 5. The van der Waals surface area contributed by atoms with Crippen LogP contribution in [-0.2, 0) is 14.3 Å². The van der Waals surface area contributed by atoms with Gasteiger partial charge in [0.15, 0.2) is 0 Å². The lowest BCUT2D eigenvalue weighted by atomic mass is 10.2. The Hall–Kier alpha value is -0.690. The highest BCUT2D eigenvalue weighted by Crippen LogP contribution is 1.98. The van der Waals surface area contributed by atoms with Gasteiger partial charge >= 0.3 is 0 Å². The van der Waals surface area contributed by atoms with E-state index in [4.69, 9.17) is 14.6 Å². The molecule has 1 saturated heterocycles. The van der Waals surface area contributed by atoms with Crippen LogP contribution in [0.1, 0.15) is 12.8 Å². The van der Waals surface area contributed by atoms with E-state index in [1.165, 1.54) is 0 Å². The number of aliphatic hydroxyl groups excluding tert-OH is 1. The summed E-state index contributed by atoms with van der Waals surface area (Å²) in [6, 6.07) is 0.134. The van der Waals surface area contributed by atoms with Crippen molar-refractivity contribution in [1.29, 1.82) is 0 Å². The van der Waals surface area contributed by atoms with E-state index in [2.05, 4.69) is 10.6 Å². The Morgan fingerprint density at radius 2 is 2.41 bits per heavy atom. The van der Waals surface area contributed by atoms with E-state index in [0.717, 1.165) is 19.6 Å². The second-order valence-electron chi connectivity index (χ2n) is 3.97. The third kappa shape index (κ3) is 7.27. The largest absolute Gasteiger partial charge is 0.394 e. The van der Waals surface area contributed by atoms with Crippen LogP contribution < -0.4 is 10.6 Å². The molecule has 3 N–H and O–H groups in total. The predicted molar refractivity (Wildman–Crippen MR) is 62.8 cm³/mol. The van der Waals surface area contributed by atoms with Crippen molar-refractivity contribution >= 4 is 5.91 Å². The molecule has 1 unspecified atom stereocenters. The Morgan fingerprint density at radius 1 is 1.53 bits per heavy atom. The van der Waals surface area contributed by atoms with E-state index >= 15 is 0 Å². The molecule has 1 aliphatic rings. The van der Waals surface area contributed by atoms with Crippen molar-refractivity contribution in [2.45, 2.75) is 18.9 Å². The molecule has 0 aromatic carbocycles. The molecule has 1 rings (SSSR count). The minimum absolute atomic E-state index is 0.0372. The summed E-state index contributed by atoms with van der Waals surface area (Å²) >= 11 is 0. The van der Waals surface area contributed by atoms with Crippen molar-refractivity contribution in [2.75, 3.05) is 46.1 Å². The first kappa shape index (κ1) is 14.4. The van der Waals surface area contributed by atoms with Crippen LogP contribution in [0.15, 0.2) is 0 Å². The van der Waals surface area contributed by atoms with Gasteiger partial charge in [0.2, 0.25) is 5.91 Å². The normalized spacial score (nSPS) is 20.2. The molecule has 1 aliphatic heterocycles. The summed E-state index contributed by atoms with van der Waals surface area (Å²) in [7, 11) is 0. The van der Waals surface area contributed by atoms with Gasteiger partial charge in [0, 0.05) is 32.2 Å². The number of ether oxygens (including phenoxy) is 2. The summed E-state index contributed by atoms with van der Waals surface area (Å²) in [6.07, 6.45) is 1.22. The molecule has 1 fully saturated rings. The molecule has 6 heteroatoms. The van der Waals surface area contributed by atoms with Gasteiger partial charge in [-0.25, -0.2) is 0 Å². The highest BCUT2D eigenvalue weighted by molar-refractivity contribution is 5.76. The quantitative estimate of drug-likeness (QED) is 0.473. The smallest absolute Gasteiger partial charge is 0.221 e. The van der Waals surface area contributed by atoms with Crippen LogP contribution in [0.2, 0.25) is 0 Å². The van der Waals surface area contributed by atoms with Gasteiger partial charge in [-0.2, -0.15) is 0 Å². The fourth-order valence-electron chi connectivity index (χ4n) is 1.62. The summed E-state index contributed by atoms with van der Waals surface area (Å²) in [5.74, 6) is 0.0372. The standard InChI is InChI=1S/C11H22N2O4/c14-4-7-16-5-1-2-13-11(15)8-10-9-17-6-3-12-10/h10,12,14H,1-9H2,(H,13,15). The highest BCUT2D eigenvalue weighted by atomic mass is 16.5. The molecule has 0 aliphatic carbocycles. The van der Waals surface area contributed by atoms with Crippen LogP contribution in [0.25, 0.3) is 0 Å². The number of hydrogen-bond donors (Lipinski definition) is 3. The maximum Gasteiger partial charge on any atom is 0.221 e. The van der Waals surface area contributed by atoms with Crippen molar-refractivity contribution < 1.29 is 19.4 Å². The summed E-state index contributed by atoms with van der Waals surface area (Å²) in [6.45, 7) is 3.71. The fourth-order valence-corrected chi connectivity index (χ4v) is 1.62. The molecule has 1 atom stereocenters. The number of rotatable bonds is 8. The van der Waals surface area contributed by atoms with Gasteiger partial charge in [0.05, 0.1) is 26.4 Å². The zero-order valence-corrected chi connectivity index (χ0v) is 10.1. The first-order valence-corrected chi connectivity index (χ1v) is 6.09. The van der Waals surface area contributed by atoms with Gasteiger partial charge in [-0.1, -0.05) is 0 Å². The third-order valence-corrected chi connectivity index (χ3v) is 2.45. The van der Waals surface area contributed by atoms with Gasteiger partial charge in [-0.05, 0) is 6.42 Å². The molecule has 0 saturated carbocycles. The Morgan fingerprint density at radius 3 is 3.12 bits per heavy atom. The van der Waals surface area contributed by atoms with Gasteiger partial charge in [0.25, 0.3) is 0 Å². The number of amides is 1. The average molecular weight is 246 g/mol. The van der Waals surface area contributed by atoms with E-state index < -0.39 is 0 Å². The molecule has 0 radical (unpaired) electrons. The predicted octanol–water partition coefficient (Wildman–Crippen LogP) is -1.12. The molecule has 0 aromatic rings. The van der Waals surface area contributed by atoms with E-state index in [1.54, 1.807) is 0 Å². The molecule has 1 heterocycles. The maximum atomic E-state index is 11.5. The van der Waals surface area contributed by atoms with E-state index in [0.29, 0.717) is 32.8 Å². The molecule has 17 heavy (non-hydrogen) atoms. The Labute approximate surface area is 102 Å². The molecular weight excluding hydrogens is 224 g/mol. The summed E-state index contributed by atoms with van der Waals surface area (Å²) in [5, 5.41) is 14.5. The van der Waals surface area contributed by atoms with E-state index in [9.17, 15) is 4.79 Å². The Kier molecular flexibility index (Phi) is 7.91. The molecule has 0 aromatic heterocycles. The lowest BCUT2D eigenvalue weighted by molar-refractivity contribution is -0.122. The second-order valence-corrected chi connectivity index (χ2v) is 3.97. The lowest BCUT2D eigenvalue weighted by Gasteiger charge is -2.23. The fraction of sp³-hybridized carbons (Fsp3) is 0.909. The van der Waals surface area contributed by atoms with Crippen molar-refractivity contribution in [3.63, 3.8) is 0 Å². The third-order valence-electron chi connectivity index (χ3n) is 2.45. The van der Waals surface area contributed by atoms with Crippen molar-refractivity contribution in [3.05, 3.63) is 0 Å². The van der Waals surface area contributed by atoms with Crippen LogP contribution >= 0.6 is 0 Å². The second kappa shape index (κ2) is 9.35. The minimum atomic E-state index is 0.0372. The highest BCUT2D eigenvalue weighted by Gasteiger charge is 2.16. The molecule has 6 nitrogen and oxygen atoms in total. The molecule has 100 valence electrons. The van der Waals surface area contributed by atoms with Crippen molar-refractivity contribution in [3.8, 4) is 0 Å². The molecule has 0 spiro atoms. The van der Waals surface area contributed by atoms with Crippen LogP contribution in [0.5, 0.6) is 0 Å². The van der Waals surface area contributed by atoms with Crippen LogP contribution in [0.4, 0.5) is 0 Å². The summed E-state index contributed by atoms with van der Waals surface area (Å²) < 4.78 is 10.3. The topological polar surface area (TPSA) is 79.8 Å². The monoisotopic (exact) mass is 246 g/mol. The van der Waals surface area contributed by atoms with Gasteiger partial charge < -0.3 is 25.2 Å². The number of morpholine rings is 1. The number of nitrogens with one attached hydrogen (secondary N) is 2. The molecular formula is C11H22N2O4. The zero-order chi connectivity index (χ0) is 12.3. The molecule has 1 amide bonds. The first-order chi connectivity index (χ1) is 8.33. The van der Waals surface area contributed by atoms with Gasteiger partial charge in [-0.3, -0.25) is 4.79 Å². The minimum Gasteiger partial charge on any atom is -0.394 e. The van der Waals surface area contributed by atoms with Crippen molar-refractivity contribution in [1.82, 2.24) is 10.6 Å². The van der Waals surface area contributed by atoms with E-state index in [-0.39, 0.29) is 18.6 Å². The van der Waals surface area contributed by atoms with Crippen LogP contribution in [-0.4, -0.2) is 63.2 Å². The summed E-state index contributed by atoms with van der Waals surface area (Å²) in [5.41, 5.74) is 0. The van der Waals surface area contributed by atoms with Crippen LogP contribution in [0.3, 0.4) is 0 Å².